The fourth-order valence-corrected chi connectivity index (χ4v) is 6.19. The molecule has 176 valence electrons. The molecule has 33 heavy (non-hydrogen) atoms. The van der Waals surface area contributed by atoms with Crippen LogP contribution in [0.1, 0.15) is 20.8 Å². The predicted molar refractivity (Wildman–Crippen MR) is 134 cm³/mol. The summed E-state index contributed by atoms with van der Waals surface area (Å²) in [6, 6.07) is 11.8. The summed E-state index contributed by atoms with van der Waals surface area (Å²) in [6.45, 7) is 7.61. The summed E-state index contributed by atoms with van der Waals surface area (Å²) in [5.74, 6) is 0. The van der Waals surface area contributed by atoms with Gasteiger partial charge in [-0.25, -0.2) is 17.2 Å². The van der Waals surface area contributed by atoms with Crippen molar-refractivity contribution in [2.24, 2.45) is 0 Å². The van der Waals surface area contributed by atoms with E-state index in [1.165, 1.54) is 16.1 Å². The van der Waals surface area contributed by atoms with E-state index in [4.69, 9.17) is 16.3 Å². The topological polar surface area (TPSA) is 71.8 Å². The Hall–Kier alpha value is -2.23. The number of ether oxygens (including phenoxy) is 1. The normalized spacial score (nSPS) is 15.2. The zero-order valence-electron chi connectivity index (χ0n) is 18.6. The molecule has 1 amide bonds. The molecule has 4 rings (SSSR count). The molecule has 0 atom stereocenters. The van der Waals surface area contributed by atoms with Gasteiger partial charge in [0, 0.05) is 47.3 Å². The van der Waals surface area contributed by atoms with Gasteiger partial charge >= 0.3 is 6.09 Å². The summed E-state index contributed by atoms with van der Waals surface area (Å²) in [5.41, 5.74) is 0.797. The van der Waals surface area contributed by atoms with Crippen molar-refractivity contribution in [2.75, 3.05) is 31.1 Å². The van der Waals surface area contributed by atoms with Gasteiger partial charge in [0.25, 0.3) is 10.0 Å². The van der Waals surface area contributed by atoms with Crippen molar-refractivity contribution in [1.29, 1.82) is 0 Å². The highest BCUT2D eigenvalue weighted by molar-refractivity contribution is 9.10. The molecule has 0 N–H and O–H groups in total. The second-order valence-corrected chi connectivity index (χ2v) is 12.0. The number of halogens is 2. The standard InChI is InChI=1S/C23H25BrClN3O4S/c1-23(2,3)32-22(29)27-12-10-26(11-13-27)20-15-28(21-18(20)8-5-9-19(21)24)33(30,31)17-7-4-6-16(25)14-17/h4-9,14-15H,10-13H2,1-3H3. The van der Waals surface area contributed by atoms with Gasteiger partial charge in [-0.3, -0.25) is 0 Å². The van der Waals surface area contributed by atoms with Gasteiger partial charge in [-0.1, -0.05) is 29.8 Å². The maximum atomic E-state index is 13.5. The number of hydrogen-bond acceptors (Lipinski definition) is 5. The number of fused-ring (bicyclic) bond motifs is 1. The van der Waals surface area contributed by atoms with Gasteiger partial charge in [0.1, 0.15) is 5.60 Å². The number of rotatable bonds is 3. The number of carbonyl (C=O) groups excluding carboxylic acids is 1. The fraction of sp³-hybridized carbons (Fsp3) is 0.348. The summed E-state index contributed by atoms with van der Waals surface area (Å²) in [4.78, 5) is 16.3. The predicted octanol–water partition coefficient (Wildman–Crippen LogP) is 5.35. The molecule has 1 aromatic heterocycles. The number of piperazine rings is 1. The van der Waals surface area contributed by atoms with Crippen LogP contribution in [-0.2, 0) is 14.8 Å². The molecule has 1 fully saturated rings. The lowest BCUT2D eigenvalue weighted by molar-refractivity contribution is 0.0240. The lowest BCUT2D eigenvalue weighted by Crippen LogP contribution is -2.50. The minimum Gasteiger partial charge on any atom is -0.444 e. The maximum Gasteiger partial charge on any atom is 0.410 e. The lowest BCUT2D eigenvalue weighted by atomic mass is 10.2. The molecule has 0 saturated carbocycles. The van der Waals surface area contributed by atoms with Gasteiger partial charge in [-0.2, -0.15) is 0 Å². The summed E-state index contributed by atoms with van der Waals surface area (Å²) >= 11 is 9.58. The van der Waals surface area contributed by atoms with Crippen molar-refractivity contribution in [1.82, 2.24) is 8.87 Å². The van der Waals surface area contributed by atoms with Crippen LogP contribution in [-0.4, -0.2) is 55.2 Å². The minimum absolute atomic E-state index is 0.115. The molecule has 2 aromatic carbocycles. The number of hydrogen-bond donors (Lipinski definition) is 0. The van der Waals surface area contributed by atoms with Crippen molar-refractivity contribution in [3.05, 3.63) is 58.2 Å². The Morgan fingerprint density at radius 2 is 1.73 bits per heavy atom. The monoisotopic (exact) mass is 553 g/mol. The van der Waals surface area contributed by atoms with Crippen LogP contribution in [0.25, 0.3) is 10.9 Å². The van der Waals surface area contributed by atoms with Crippen molar-refractivity contribution in [3.8, 4) is 0 Å². The van der Waals surface area contributed by atoms with Crippen LogP contribution < -0.4 is 4.90 Å². The van der Waals surface area contributed by atoms with Gasteiger partial charge in [-0.15, -0.1) is 0 Å². The second kappa shape index (κ2) is 8.85. The van der Waals surface area contributed by atoms with Gasteiger partial charge < -0.3 is 14.5 Å². The van der Waals surface area contributed by atoms with Crippen molar-refractivity contribution in [2.45, 2.75) is 31.3 Å². The summed E-state index contributed by atoms with van der Waals surface area (Å²) < 4.78 is 34.5. The number of para-hydroxylation sites is 1. The molecule has 0 radical (unpaired) electrons. The van der Waals surface area contributed by atoms with Gasteiger partial charge in [0.2, 0.25) is 0 Å². The Labute approximate surface area is 207 Å². The maximum absolute atomic E-state index is 13.5. The van der Waals surface area contributed by atoms with Crippen LogP contribution in [0.4, 0.5) is 10.5 Å². The molecule has 1 aliphatic heterocycles. The quantitative estimate of drug-likeness (QED) is 0.436. The Bertz CT molecular complexity index is 1310. The van der Waals surface area contributed by atoms with Crippen LogP contribution >= 0.6 is 27.5 Å². The van der Waals surface area contributed by atoms with Crippen LogP contribution in [0, 0.1) is 0 Å². The first-order valence-corrected chi connectivity index (χ1v) is 13.1. The van der Waals surface area contributed by atoms with Crippen LogP contribution in [0.2, 0.25) is 5.02 Å². The lowest BCUT2D eigenvalue weighted by Gasteiger charge is -2.36. The van der Waals surface area contributed by atoms with E-state index >= 15 is 0 Å². The molecule has 0 spiro atoms. The van der Waals surface area contributed by atoms with E-state index in [0.29, 0.717) is 41.2 Å². The van der Waals surface area contributed by atoms with Crippen molar-refractivity contribution >= 4 is 60.2 Å². The zero-order chi connectivity index (χ0) is 24.0. The van der Waals surface area contributed by atoms with Crippen LogP contribution in [0.3, 0.4) is 0 Å². The van der Waals surface area contributed by atoms with Gasteiger partial charge in [-0.05, 0) is 61.0 Å². The molecule has 10 heteroatoms. The molecular formula is C23H25BrClN3O4S. The number of nitrogens with zero attached hydrogens (tertiary/aromatic N) is 3. The fourth-order valence-electron chi connectivity index (χ4n) is 3.83. The van der Waals surface area contributed by atoms with E-state index in [2.05, 4.69) is 20.8 Å². The van der Waals surface area contributed by atoms with E-state index in [0.717, 1.165) is 11.1 Å². The van der Waals surface area contributed by atoms with E-state index in [-0.39, 0.29) is 11.0 Å². The molecule has 0 unspecified atom stereocenters. The largest absolute Gasteiger partial charge is 0.444 e. The summed E-state index contributed by atoms with van der Waals surface area (Å²) in [7, 11) is -3.88. The molecule has 2 heterocycles. The Morgan fingerprint density at radius 1 is 1.06 bits per heavy atom. The molecule has 0 aliphatic carbocycles. The number of carbonyl (C=O) groups is 1. The SMILES string of the molecule is CC(C)(C)OC(=O)N1CCN(c2cn(S(=O)(=O)c3cccc(Cl)c3)c3c(Br)cccc23)CC1. The average Bonchev–Trinajstić information content (AvgIpc) is 3.14. The Morgan fingerprint density at radius 3 is 2.36 bits per heavy atom. The van der Waals surface area contributed by atoms with Crippen molar-refractivity contribution in [3.63, 3.8) is 0 Å². The highest BCUT2D eigenvalue weighted by Crippen LogP contribution is 2.36. The third-order valence-corrected chi connectivity index (χ3v) is 7.88. The highest BCUT2D eigenvalue weighted by atomic mass is 79.9. The zero-order valence-corrected chi connectivity index (χ0v) is 21.7. The first-order chi connectivity index (χ1) is 15.5. The van der Waals surface area contributed by atoms with E-state index in [1.54, 1.807) is 23.2 Å². The first-order valence-electron chi connectivity index (χ1n) is 10.5. The smallest absolute Gasteiger partial charge is 0.410 e. The highest BCUT2D eigenvalue weighted by Gasteiger charge is 2.29. The third-order valence-electron chi connectivity index (χ3n) is 5.35. The molecule has 0 bridgehead atoms. The number of amides is 1. The van der Waals surface area contributed by atoms with E-state index in [1.807, 2.05) is 39.0 Å². The Balaban J connectivity index is 1.69. The second-order valence-electron chi connectivity index (χ2n) is 8.86. The molecule has 1 aliphatic rings. The Kier molecular flexibility index (Phi) is 6.41. The van der Waals surface area contributed by atoms with Crippen molar-refractivity contribution < 1.29 is 17.9 Å². The molecule has 1 saturated heterocycles. The molecule has 7 nitrogen and oxygen atoms in total. The third kappa shape index (κ3) is 4.85. The summed E-state index contributed by atoms with van der Waals surface area (Å²) in [5, 5.41) is 1.16. The number of anilines is 1. The molecular weight excluding hydrogens is 530 g/mol. The summed E-state index contributed by atoms with van der Waals surface area (Å²) in [6.07, 6.45) is 1.31. The molecule has 3 aromatic rings. The van der Waals surface area contributed by atoms with E-state index in [9.17, 15) is 13.2 Å². The van der Waals surface area contributed by atoms with E-state index < -0.39 is 15.6 Å². The van der Waals surface area contributed by atoms with Gasteiger partial charge in [0.15, 0.2) is 0 Å². The van der Waals surface area contributed by atoms with Crippen LogP contribution in [0.5, 0.6) is 0 Å². The number of aromatic nitrogens is 1. The minimum atomic E-state index is -3.88. The van der Waals surface area contributed by atoms with Gasteiger partial charge in [0.05, 0.1) is 16.1 Å². The average molecular weight is 555 g/mol. The van der Waals surface area contributed by atoms with Crippen LogP contribution in [0.15, 0.2) is 58.0 Å². The first kappa shape index (κ1) is 23.9. The number of benzene rings is 2.